The maximum absolute atomic E-state index is 11.4. The second kappa shape index (κ2) is 6.16. The van der Waals surface area contributed by atoms with Crippen LogP contribution in [0, 0.1) is 0 Å². The molecule has 2 amide bonds. The third-order valence-corrected chi connectivity index (χ3v) is 3.33. The van der Waals surface area contributed by atoms with Crippen molar-refractivity contribution in [3.63, 3.8) is 0 Å². The van der Waals surface area contributed by atoms with Crippen LogP contribution in [0.2, 0.25) is 0 Å². The highest BCUT2D eigenvalue weighted by Crippen LogP contribution is 2.17. The van der Waals surface area contributed by atoms with Crippen molar-refractivity contribution in [3.05, 3.63) is 28.7 Å². The molecule has 19 heavy (non-hydrogen) atoms. The number of amides is 2. The van der Waals surface area contributed by atoms with E-state index in [1.807, 2.05) is 12.1 Å². The molecule has 1 aromatic rings. The number of likely N-dealkylation sites (tertiary alicyclic amines) is 1. The first-order valence-corrected chi connectivity index (χ1v) is 6.75. The van der Waals surface area contributed by atoms with E-state index in [1.54, 1.807) is 12.1 Å². The number of hydrogen-bond donors (Lipinski definition) is 1. The molecule has 1 heterocycles. The maximum atomic E-state index is 11.4. The van der Waals surface area contributed by atoms with Crippen LogP contribution in [-0.4, -0.2) is 41.1 Å². The lowest BCUT2D eigenvalue weighted by Crippen LogP contribution is -2.38. The molecule has 1 aliphatic heterocycles. The molecule has 0 radical (unpaired) electrons. The zero-order valence-electron chi connectivity index (χ0n) is 10.2. The molecule has 1 fully saturated rings. The first-order chi connectivity index (χ1) is 9.06. The van der Waals surface area contributed by atoms with Gasteiger partial charge in [-0.05, 0) is 24.3 Å². The van der Waals surface area contributed by atoms with Gasteiger partial charge in [0.1, 0.15) is 18.5 Å². The molecule has 0 aliphatic carbocycles. The molecular weight excluding hydrogens is 314 g/mol. The van der Waals surface area contributed by atoms with Crippen LogP contribution in [-0.2, 0) is 9.59 Å². The van der Waals surface area contributed by atoms with Crippen molar-refractivity contribution in [2.45, 2.75) is 18.9 Å². The largest absolute Gasteiger partial charge is 0.491 e. The molecule has 5 nitrogen and oxygen atoms in total. The average Bonchev–Trinajstić information content (AvgIpc) is 2.70. The van der Waals surface area contributed by atoms with E-state index in [0.717, 1.165) is 9.37 Å². The van der Waals surface area contributed by atoms with Crippen molar-refractivity contribution in [2.24, 2.45) is 0 Å². The number of carbonyl (C=O) groups excluding carboxylic acids is 2. The molecule has 1 aromatic carbocycles. The number of aliphatic hydroxyl groups is 1. The Labute approximate surface area is 119 Å². The van der Waals surface area contributed by atoms with Gasteiger partial charge in [-0.25, -0.2) is 0 Å². The molecule has 0 saturated carbocycles. The van der Waals surface area contributed by atoms with Gasteiger partial charge < -0.3 is 9.84 Å². The molecule has 0 aromatic heterocycles. The van der Waals surface area contributed by atoms with Crippen molar-refractivity contribution in [1.29, 1.82) is 0 Å². The van der Waals surface area contributed by atoms with E-state index < -0.39 is 6.10 Å². The molecule has 1 aliphatic rings. The minimum atomic E-state index is -0.880. The van der Waals surface area contributed by atoms with Crippen molar-refractivity contribution in [2.75, 3.05) is 13.2 Å². The Hall–Kier alpha value is -1.40. The van der Waals surface area contributed by atoms with Crippen molar-refractivity contribution in [1.82, 2.24) is 4.90 Å². The number of aliphatic hydroxyl groups excluding tert-OH is 1. The lowest BCUT2D eigenvalue weighted by atomic mass is 10.3. The highest BCUT2D eigenvalue weighted by Gasteiger charge is 2.30. The highest BCUT2D eigenvalue weighted by molar-refractivity contribution is 9.10. The SMILES string of the molecule is O=C1CCC(=O)N1CC(O)COc1ccc(Br)cc1. The zero-order valence-corrected chi connectivity index (χ0v) is 11.8. The molecule has 1 unspecified atom stereocenters. The summed E-state index contributed by atoms with van der Waals surface area (Å²) < 4.78 is 6.32. The van der Waals surface area contributed by atoms with E-state index in [-0.39, 0.29) is 37.8 Å². The number of rotatable bonds is 5. The van der Waals surface area contributed by atoms with E-state index in [4.69, 9.17) is 4.74 Å². The smallest absolute Gasteiger partial charge is 0.229 e. The van der Waals surface area contributed by atoms with Crippen LogP contribution in [0.1, 0.15) is 12.8 Å². The van der Waals surface area contributed by atoms with Gasteiger partial charge in [-0.2, -0.15) is 0 Å². The number of β-amino-alcohol motifs (C(OH)–C–C–N with tert-alkyl or cyclic N) is 1. The predicted molar refractivity (Wildman–Crippen MR) is 71.6 cm³/mol. The lowest BCUT2D eigenvalue weighted by Gasteiger charge is -2.18. The van der Waals surface area contributed by atoms with Gasteiger partial charge in [0, 0.05) is 17.3 Å². The summed E-state index contributed by atoms with van der Waals surface area (Å²) in [6.45, 7) is 0.0346. The Balaban J connectivity index is 1.81. The third-order valence-electron chi connectivity index (χ3n) is 2.80. The van der Waals surface area contributed by atoms with Gasteiger partial charge >= 0.3 is 0 Å². The minimum absolute atomic E-state index is 0.00576. The number of benzene rings is 1. The van der Waals surface area contributed by atoms with Crippen LogP contribution < -0.4 is 4.74 Å². The van der Waals surface area contributed by atoms with Crippen LogP contribution in [0.15, 0.2) is 28.7 Å². The van der Waals surface area contributed by atoms with Gasteiger partial charge in [-0.15, -0.1) is 0 Å². The molecule has 102 valence electrons. The number of ether oxygens (including phenoxy) is 1. The number of carbonyl (C=O) groups is 2. The fraction of sp³-hybridized carbons (Fsp3) is 0.385. The average molecular weight is 328 g/mol. The summed E-state index contributed by atoms with van der Waals surface area (Å²) in [5.41, 5.74) is 0. The second-order valence-corrected chi connectivity index (χ2v) is 5.23. The highest BCUT2D eigenvalue weighted by atomic mass is 79.9. The molecule has 0 bridgehead atoms. The Morgan fingerprint density at radius 1 is 1.21 bits per heavy atom. The summed E-state index contributed by atoms with van der Waals surface area (Å²) in [6.07, 6.45) is -0.409. The van der Waals surface area contributed by atoms with Gasteiger partial charge in [0.2, 0.25) is 11.8 Å². The standard InChI is InChI=1S/C13H14BrNO4/c14-9-1-3-11(4-2-9)19-8-10(16)7-15-12(17)5-6-13(15)18/h1-4,10,16H,5-8H2. The molecule has 1 atom stereocenters. The normalized spacial score (nSPS) is 16.8. The first kappa shape index (κ1) is 14.0. The summed E-state index contributed by atoms with van der Waals surface area (Å²) in [6, 6.07) is 7.19. The van der Waals surface area contributed by atoms with Gasteiger partial charge in [0.05, 0.1) is 6.54 Å². The van der Waals surface area contributed by atoms with Crippen molar-refractivity contribution >= 4 is 27.7 Å². The van der Waals surface area contributed by atoms with Crippen LogP contribution >= 0.6 is 15.9 Å². The third kappa shape index (κ3) is 3.78. The molecule has 2 rings (SSSR count). The summed E-state index contributed by atoms with van der Waals surface area (Å²) >= 11 is 3.31. The molecule has 1 N–H and O–H groups in total. The number of hydrogen-bond acceptors (Lipinski definition) is 4. The van der Waals surface area contributed by atoms with E-state index in [9.17, 15) is 14.7 Å². The van der Waals surface area contributed by atoms with Gasteiger partial charge in [0.15, 0.2) is 0 Å². The quantitative estimate of drug-likeness (QED) is 0.829. The van der Waals surface area contributed by atoms with Crippen LogP contribution in [0.5, 0.6) is 5.75 Å². The lowest BCUT2D eigenvalue weighted by molar-refractivity contribution is -0.140. The van der Waals surface area contributed by atoms with E-state index >= 15 is 0 Å². The second-order valence-electron chi connectivity index (χ2n) is 4.32. The van der Waals surface area contributed by atoms with Crippen molar-refractivity contribution < 1.29 is 19.4 Å². The van der Waals surface area contributed by atoms with E-state index in [0.29, 0.717) is 5.75 Å². The van der Waals surface area contributed by atoms with Crippen LogP contribution in [0.4, 0.5) is 0 Å². The Kier molecular flexibility index (Phi) is 4.55. The fourth-order valence-electron chi connectivity index (χ4n) is 1.81. The Morgan fingerprint density at radius 3 is 2.37 bits per heavy atom. The first-order valence-electron chi connectivity index (χ1n) is 5.96. The number of imide groups is 1. The molecular formula is C13H14BrNO4. The molecule has 0 spiro atoms. The summed E-state index contributed by atoms with van der Waals surface area (Å²) in [5.74, 6) is 0.168. The minimum Gasteiger partial charge on any atom is -0.491 e. The van der Waals surface area contributed by atoms with E-state index in [2.05, 4.69) is 15.9 Å². The van der Waals surface area contributed by atoms with Gasteiger partial charge in [-0.1, -0.05) is 15.9 Å². The topological polar surface area (TPSA) is 66.8 Å². The monoisotopic (exact) mass is 327 g/mol. The van der Waals surface area contributed by atoms with Gasteiger partial charge in [-0.3, -0.25) is 14.5 Å². The van der Waals surface area contributed by atoms with Crippen LogP contribution in [0.25, 0.3) is 0 Å². The fourth-order valence-corrected chi connectivity index (χ4v) is 2.08. The Morgan fingerprint density at radius 2 is 1.79 bits per heavy atom. The van der Waals surface area contributed by atoms with Crippen molar-refractivity contribution in [3.8, 4) is 5.75 Å². The number of nitrogens with zero attached hydrogens (tertiary/aromatic N) is 1. The zero-order chi connectivity index (χ0) is 13.8. The summed E-state index contributed by atoms with van der Waals surface area (Å²) in [5, 5.41) is 9.78. The van der Waals surface area contributed by atoms with Crippen LogP contribution in [0.3, 0.4) is 0 Å². The number of halogens is 1. The summed E-state index contributed by atoms with van der Waals surface area (Å²) in [7, 11) is 0. The summed E-state index contributed by atoms with van der Waals surface area (Å²) in [4.78, 5) is 23.9. The van der Waals surface area contributed by atoms with Gasteiger partial charge in [0.25, 0.3) is 0 Å². The van der Waals surface area contributed by atoms with E-state index in [1.165, 1.54) is 0 Å². The maximum Gasteiger partial charge on any atom is 0.229 e. The molecule has 1 saturated heterocycles. The Bertz CT molecular complexity index is 458. The predicted octanol–water partition coefficient (Wildman–Crippen LogP) is 1.34. The molecule has 6 heteroatoms.